The van der Waals surface area contributed by atoms with Crippen molar-refractivity contribution in [3.63, 3.8) is 0 Å². The van der Waals surface area contributed by atoms with E-state index in [1.54, 1.807) is 6.08 Å². The van der Waals surface area contributed by atoms with Gasteiger partial charge in [-0.25, -0.2) is 0 Å². The summed E-state index contributed by atoms with van der Waals surface area (Å²) in [5.41, 5.74) is 0. The number of aliphatic hydroxyl groups excluding tert-OH is 8. The second kappa shape index (κ2) is 39.8. The molecule has 14 heteroatoms. The van der Waals surface area contributed by atoms with Crippen LogP contribution in [-0.4, -0.2) is 140 Å². The Morgan fingerprint density at radius 2 is 1.01 bits per heavy atom. The first-order valence-electron chi connectivity index (χ1n) is 25.8. The number of amides is 1. The Labute approximate surface area is 408 Å². The fraction of sp³-hybridized carbons (Fsp3) is 0.722. The maximum absolute atomic E-state index is 13.1. The van der Waals surface area contributed by atoms with Crippen molar-refractivity contribution in [2.75, 3.05) is 19.8 Å². The van der Waals surface area contributed by atoms with Gasteiger partial charge in [0, 0.05) is 6.42 Å². The first kappa shape index (κ1) is 61.3. The van der Waals surface area contributed by atoms with Gasteiger partial charge in [0.25, 0.3) is 0 Å². The van der Waals surface area contributed by atoms with E-state index in [2.05, 4.69) is 92.1 Å². The summed E-state index contributed by atoms with van der Waals surface area (Å²) >= 11 is 0. The summed E-state index contributed by atoms with van der Waals surface area (Å²) in [7, 11) is 0. The zero-order valence-corrected chi connectivity index (χ0v) is 41.3. The molecule has 0 radical (unpaired) electrons. The van der Waals surface area contributed by atoms with Crippen molar-refractivity contribution >= 4 is 5.91 Å². The van der Waals surface area contributed by atoms with Gasteiger partial charge in [0.15, 0.2) is 12.6 Å². The van der Waals surface area contributed by atoms with Crippen molar-refractivity contribution in [3.8, 4) is 0 Å². The molecule has 68 heavy (non-hydrogen) atoms. The van der Waals surface area contributed by atoms with E-state index in [1.807, 2.05) is 6.08 Å². The maximum atomic E-state index is 13.1. The highest BCUT2D eigenvalue weighted by Crippen LogP contribution is 2.30. The van der Waals surface area contributed by atoms with Gasteiger partial charge in [-0.05, 0) is 70.6 Å². The number of ether oxygens (including phenoxy) is 4. The average Bonchev–Trinajstić information content (AvgIpc) is 3.34. The number of aliphatic hydroxyl groups is 8. The predicted octanol–water partition coefficient (Wildman–Crippen LogP) is 6.99. The summed E-state index contributed by atoms with van der Waals surface area (Å²) in [5, 5.41) is 86.4. The normalized spacial score (nSPS) is 27.1. The number of nitrogens with one attached hydrogen (secondary N) is 1. The smallest absolute Gasteiger partial charge is 0.220 e. The Balaban J connectivity index is 1.70. The minimum absolute atomic E-state index is 0.258. The second-order valence-electron chi connectivity index (χ2n) is 17.9. The van der Waals surface area contributed by atoms with Crippen LogP contribution >= 0.6 is 0 Å². The highest BCUT2D eigenvalue weighted by atomic mass is 16.7. The fourth-order valence-electron chi connectivity index (χ4n) is 7.88. The number of hydrogen-bond acceptors (Lipinski definition) is 13. The summed E-state index contributed by atoms with van der Waals surface area (Å²) in [5.74, 6) is -0.258. The third-order valence-corrected chi connectivity index (χ3v) is 12.1. The van der Waals surface area contributed by atoms with Gasteiger partial charge in [0.05, 0.1) is 32.0 Å². The number of allylic oxidation sites excluding steroid dienone is 13. The molecule has 9 N–H and O–H groups in total. The van der Waals surface area contributed by atoms with Gasteiger partial charge in [-0.1, -0.05) is 163 Å². The third kappa shape index (κ3) is 26.4. The Morgan fingerprint density at radius 1 is 0.544 bits per heavy atom. The summed E-state index contributed by atoms with van der Waals surface area (Å²) in [6, 6.07) is -0.921. The maximum Gasteiger partial charge on any atom is 0.220 e. The number of rotatable bonds is 38. The quantitative estimate of drug-likeness (QED) is 0.0225. The molecule has 2 aliphatic rings. The highest BCUT2D eigenvalue weighted by molar-refractivity contribution is 5.76. The Hall–Kier alpha value is -2.83. The molecule has 2 heterocycles. The molecule has 0 aliphatic carbocycles. The summed E-state index contributed by atoms with van der Waals surface area (Å²) in [6.07, 6.45) is 35.2. The lowest BCUT2D eigenvalue weighted by atomic mass is 9.97. The lowest BCUT2D eigenvalue weighted by Gasteiger charge is -2.46. The van der Waals surface area contributed by atoms with Gasteiger partial charge < -0.3 is 65.1 Å². The van der Waals surface area contributed by atoms with E-state index >= 15 is 0 Å². The first-order chi connectivity index (χ1) is 33.1. The molecular weight excluding hydrogens is 871 g/mol. The van der Waals surface area contributed by atoms with Gasteiger partial charge in [0.1, 0.15) is 48.8 Å². The topological polar surface area (TPSA) is 228 Å². The molecule has 2 fully saturated rings. The molecule has 390 valence electrons. The van der Waals surface area contributed by atoms with Gasteiger partial charge >= 0.3 is 0 Å². The Kier molecular flexibility index (Phi) is 35.9. The molecule has 2 saturated heterocycles. The van der Waals surface area contributed by atoms with Gasteiger partial charge in [-0.2, -0.15) is 0 Å². The van der Waals surface area contributed by atoms with Crippen molar-refractivity contribution in [1.82, 2.24) is 5.32 Å². The van der Waals surface area contributed by atoms with Gasteiger partial charge in [-0.15, -0.1) is 0 Å². The van der Waals surface area contributed by atoms with Crippen molar-refractivity contribution < 1.29 is 64.6 Å². The molecule has 0 saturated carbocycles. The second-order valence-corrected chi connectivity index (χ2v) is 17.9. The molecule has 2 rings (SSSR count). The minimum Gasteiger partial charge on any atom is -0.394 e. The van der Waals surface area contributed by atoms with E-state index in [9.17, 15) is 45.6 Å². The molecular formula is C54H91NO13. The summed E-state index contributed by atoms with van der Waals surface area (Å²) < 4.78 is 22.6. The van der Waals surface area contributed by atoms with Gasteiger partial charge in [-0.3, -0.25) is 4.79 Å². The molecule has 0 aromatic rings. The van der Waals surface area contributed by atoms with Crippen LogP contribution in [0.3, 0.4) is 0 Å². The van der Waals surface area contributed by atoms with E-state index < -0.39 is 86.8 Å². The molecule has 0 spiro atoms. The van der Waals surface area contributed by atoms with Gasteiger partial charge in [0.2, 0.25) is 5.91 Å². The minimum atomic E-state index is -1.79. The number of hydrogen-bond donors (Lipinski definition) is 9. The lowest BCUT2D eigenvalue weighted by Crippen LogP contribution is -2.65. The molecule has 12 atom stereocenters. The lowest BCUT2D eigenvalue weighted by molar-refractivity contribution is -0.359. The third-order valence-electron chi connectivity index (χ3n) is 12.1. The molecule has 0 bridgehead atoms. The molecule has 2 aliphatic heterocycles. The SMILES string of the molecule is CC/C=C\C/C=C\C/C=C\C/C=C\C/C=C\C/C=C\CCCCCCCCCCC(=O)NC(COC1OC(CO)C(OC2OC(CO)C(O)C(O)C2O)C(O)C1O)C(O)/C=C/CCCCCCC. The van der Waals surface area contributed by atoms with Crippen molar-refractivity contribution in [2.45, 2.75) is 229 Å². The largest absolute Gasteiger partial charge is 0.394 e. The highest BCUT2D eigenvalue weighted by Gasteiger charge is 2.51. The van der Waals surface area contributed by atoms with Crippen LogP contribution < -0.4 is 5.32 Å². The summed E-state index contributed by atoms with van der Waals surface area (Å²) in [6.45, 7) is 2.57. The van der Waals surface area contributed by atoms with E-state index in [1.165, 1.54) is 25.7 Å². The predicted molar refractivity (Wildman–Crippen MR) is 267 cm³/mol. The molecule has 0 aromatic carbocycles. The summed E-state index contributed by atoms with van der Waals surface area (Å²) in [4.78, 5) is 13.1. The Morgan fingerprint density at radius 3 is 1.56 bits per heavy atom. The number of carbonyl (C=O) groups is 1. The van der Waals surface area contributed by atoms with E-state index in [-0.39, 0.29) is 18.9 Å². The van der Waals surface area contributed by atoms with Crippen LogP contribution in [0.4, 0.5) is 0 Å². The fourth-order valence-corrected chi connectivity index (χ4v) is 7.88. The monoisotopic (exact) mass is 962 g/mol. The van der Waals surface area contributed by atoms with Crippen LogP contribution in [0.1, 0.15) is 155 Å². The first-order valence-corrected chi connectivity index (χ1v) is 25.8. The zero-order valence-electron chi connectivity index (χ0n) is 41.3. The van der Waals surface area contributed by atoms with E-state index in [0.717, 1.165) is 103 Å². The Bertz CT molecular complexity index is 1460. The van der Waals surface area contributed by atoms with Crippen molar-refractivity contribution in [2.24, 2.45) is 0 Å². The van der Waals surface area contributed by atoms with Crippen molar-refractivity contribution in [3.05, 3.63) is 85.1 Å². The zero-order chi connectivity index (χ0) is 49.6. The van der Waals surface area contributed by atoms with E-state index in [4.69, 9.17) is 18.9 Å². The molecule has 0 aromatic heterocycles. The van der Waals surface area contributed by atoms with Crippen LogP contribution in [-0.2, 0) is 23.7 Å². The molecule has 12 unspecified atom stereocenters. The van der Waals surface area contributed by atoms with E-state index in [0.29, 0.717) is 6.42 Å². The molecule has 1 amide bonds. The van der Waals surface area contributed by atoms with Crippen LogP contribution in [0.2, 0.25) is 0 Å². The standard InChI is InChI=1S/C54H91NO13/c1-3-5-7-9-11-12-13-14-15-16-17-18-19-20-21-22-23-24-25-26-27-28-29-30-32-34-36-38-46(59)55-42(43(58)37-35-33-31-10-8-6-4-2)41-65-53-51(64)49(62)52(45(40-57)67-53)68-54-50(63)48(61)47(60)44(39-56)66-54/h5,7,11-12,14-15,17-18,20-21,23-24,35,37,42-45,47-54,56-58,60-64H,3-4,6,8-10,13,16,19,22,25-34,36,38-41H2,1-2H3,(H,55,59)/b7-5-,12-11-,15-14-,18-17-,21-20-,24-23-,37-35+. The number of unbranched alkanes of at least 4 members (excludes halogenated alkanes) is 13. The molecule has 14 nitrogen and oxygen atoms in total. The van der Waals surface area contributed by atoms with Crippen LogP contribution in [0.5, 0.6) is 0 Å². The van der Waals surface area contributed by atoms with Crippen LogP contribution in [0, 0.1) is 0 Å². The average molecular weight is 962 g/mol. The number of carbonyl (C=O) groups excluding carboxylic acids is 1. The van der Waals surface area contributed by atoms with Crippen molar-refractivity contribution in [1.29, 1.82) is 0 Å². The van der Waals surface area contributed by atoms with Crippen LogP contribution in [0.25, 0.3) is 0 Å². The van der Waals surface area contributed by atoms with Crippen LogP contribution in [0.15, 0.2) is 85.1 Å².